The van der Waals surface area contributed by atoms with E-state index >= 15 is 0 Å². The summed E-state index contributed by atoms with van der Waals surface area (Å²) in [7, 11) is 1.64. The van der Waals surface area contributed by atoms with Crippen LogP contribution in [0.25, 0.3) is 0 Å². The Kier molecular flexibility index (Phi) is 5.48. The summed E-state index contributed by atoms with van der Waals surface area (Å²) in [4.78, 5) is 0. The molecular weight excluding hydrogens is 246 g/mol. The second kappa shape index (κ2) is 6.44. The minimum absolute atomic E-state index is 0.0629. The van der Waals surface area contributed by atoms with Gasteiger partial charge in [-0.25, -0.2) is 0 Å². The van der Waals surface area contributed by atoms with Crippen LogP contribution in [0.4, 0.5) is 0 Å². The van der Waals surface area contributed by atoms with E-state index < -0.39 is 0 Å². The van der Waals surface area contributed by atoms with Crippen molar-refractivity contribution < 1.29 is 4.74 Å². The molecule has 0 heterocycles. The van der Waals surface area contributed by atoms with E-state index in [1.165, 1.54) is 11.1 Å². The summed E-state index contributed by atoms with van der Waals surface area (Å²) in [6.45, 7) is 6.24. The van der Waals surface area contributed by atoms with Crippen LogP contribution in [0.2, 0.25) is 5.02 Å². The van der Waals surface area contributed by atoms with Crippen molar-refractivity contribution in [3.8, 4) is 5.75 Å². The summed E-state index contributed by atoms with van der Waals surface area (Å²) in [5.41, 5.74) is 8.45. The van der Waals surface area contributed by atoms with Crippen LogP contribution < -0.4 is 10.5 Å². The summed E-state index contributed by atoms with van der Waals surface area (Å²) in [6, 6.07) is 4.02. The number of hydrogen-bond acceptors (Lipinski definition) is 2. The number of nitrogens with two attached hydrogens (primary N) is 1. The number of aryl methyl sites for hydroxylation is 2. The van der Waals surface area contributed by atoms with Gasteiger partial charge in [0.25, 0.3) is 0 Å². The first kappa shape index (κ1) is 15.3. The van der Waals surface area contributed by atoms with E-state index in [4.69, 9.17) is 22.1 Å². The Labute approximate surface area is 115 Å². The Balaban J connectivity index is 2.55. The van der Waals surface area contributed by atoms with Crippen molar-refractivity contribution in [2.75, 3.05) is 7.11 Å². The lowest BCUT2D eigenvalue weighted by Gasteiger charge is -2.18. The van der Waals surface area contributed by atoms with Gasteiger partial charge in [-0.2, -0.15) is 0 Å². The smallest absolute Gasteiger partial charge is 0.137 e. The van der Waals surface area contributed by atoms with Crippen LogP contribution in [-0.4, -0.2) is 12.6 Å². The van der Waals surface area contributed by atoms with Crippen LogP contribution in [-0.2, 0) is 6.42 Å². The zero-order valence-electron chi connectivity index (χ0n) is 11.8. The standard InChI is InChI=1S/C15H24ClNO/c1-11-9-14(18-4)13(16)10-12(11)7-5-6-8-15(2,3)17/h9-10H,5-8,17H2,1-4H3. The lowest BCUT2D eigenvalue weighted by atomic mass is 9.96. The first-order chi connectivity index (χ1) is 8.33. The molecule has 0 saturated carbocycles. The molecule has 0 spiro atoms. The average molecular weight is 270 g/mol. The molecule has 0 amide bonds. The Morgan fingerprint density at radius 3 is 2.50 bits per heavy atom. The molecule has 18 heavy (non-hydrogen) atoms. The predicted octanol–water partition coefficient (Wildman–Crippen LogP) is 4.11. The largest absolute Gasteiger partial charge is 0.495 e. The average Bonchev–Trinajstić information content (AvgIpc) is 2.27. The quantitative estimate of drug-likeness (QED) is 0.789. The predicted molar refractivity (Wildman–Crippen MR) is 78.6 cm³/mol. The van der Waals surface area contributed by atoms with E-state index in [0.29, 0.717) is 5.02 Å². The SMILES string of the molecule is COc1cc(C)c(CCCCC(C)(C)N)cc1Cl. The molecule has 0 aliphatic rings. The summed E-state index contributed by atoms with van der Waals surface area (Å²) >= 11 is 6.14. The molecule has 0 saturated heterocycles. The van der Waals surface area contributed by atoms with Gasteiger partial charge >= 0.3 is 0 Å². The fraction of sp³-hybridized carbons (Fsp3) is 0.600. The van der Waals surface area contributed by atoms with Crippen LogP contribution in [0.3, 0.4) is 0 Å². The highest BCUT2D eigenvalue weighted by Gasteiger charge is 2.10. The molecule has 2 nitrogen and oxygen atoms in total. The Morgan fingerprint density at radius 2 is 1.94 bits per heavy atom. The van der Waals surface area contributed by atoms with Crippen LogP contribution in [0.1, 0.15) is 44.2 Å². The van der Waals surface area contributed by atoms with Crippen LogP contribution in [0.5, 0.6) is 5.75 Å². The molecule has 0 bridgehead atoms. The molecular formula is C15H24ClNO. The van der Waals surface area contributed by atoms with Gasteiger partial charge in [0.05, 0.1) is 12.1 Å². The van der Waals surface area contributed by atoms with Crippen molar-refractivity contribution in [2.45, 2.75) is 52.0 Å². The number of ether oxygens (including phenoxy) is 1. The molecule has 0 aliphatic heterocycles. The molecule has 0 atom stereocenters. The Bertz CT molecular complexity index is 396. The van der Waals surface area contributed by atoms with Crippen molar-refractivity contribution in [1.29, 1.82) is 0 Å². The maximum atomic E-state index is 6.14. The summed E-state index contributed by atoms with van der Waals surface area (Å²) in [6.07, 6.45) is 4.39. The van der Waals surface area contributed by atoms with Crippen molar-refractivity contribution in [3.05, 3.63) is 28.3 Å². The molecule has 0 aliphatic carbocycles. The molecule has 0 aromatic heterocycles. The van der Waals surface area contributed by atoms with E-state index in [1.807, 2.05) is 12.1 Å². The fourth-order valence-corrected chi connectivity index (χ4v) is 2.28. The van der Waals surface area contributed by atoms with Gasteiger partial charge in [-0.05, 0) is 63.3 Å². The van der Waals surface area contributed by atoms with Gasteiger partial charge in [-0.3, -0.25) is 0 Å². The van der Waals surface area contributed by atoms with Crippen LogP contribution >= 0.6 is 11.6 Å². The van der Waals surface area contributed by atoms with Gasteiger partial charge in [-0.15, -0.1) is 0 Å². The molecule has 3 heteroatoms. The minimum Gasteiger partial charge on any atom is -0.495 e. The second-order valence-corrected chi connectivity index (χ2v) is 6.02. The zero-order chi connectivity index (χ0) is 13.8. The minimum atomic E-state index is -0.0629. The van der Waals surface area contributed by atoms with E-state index in [1.54, 1.807) is 7.11 Å². The third-order valence-electron chi connectivity index (χ3n) is 3.13. The first-order valence-electron chi connectivity index (χ1n) is 6.45. The number of hydrogen-bond donors (Lipinski definition) is 1. The highest BCUT2D eigenvalue weighted by atomic mass is 35.5. The first-order valence-corrected chi connectivity index (χ1v) is 6.83. The molecule has 1 aromatic rings. The second-order valence-electron chi connectivity index (χ2n) is 5.61. The summed E-state index contributed by atoms with van der Waals surface area (Å²) in [5, 5.41) is 0.692. The topological polar surface area (TPSA) is 35.2 Å². The van der Waals surface area contributed by atoms with Gasteiger partial charge < -0.3 is 10.5 Å². The maximum absolute atomic E-state index is 6.14. The van der Waals surface area contributed by atoms with Crippen LogP contribution in [0, 0.1) is 6.92 Å². The molecule has 0 fully saturated rings. The van der Waals surface area contributed by atoms with Gasteiger partial charge in [0.2, 0.25) is 0 Å². The van der Waals surface area contributed by atoms with Crippen LogP contribution in [0.15, 0.2) is 12.1 Å². The number of rotatable bonds is 6. The Hall–Kier alpha value is -0.730. The molecule has 1 aromatic carbocycles. The maximum Gasteiger partial charge on any atom is 0.137 e. The van der Waals surface area contributed by atoms with Crippen molar-refractivity contribution in [3.63, 3.8) is 0 Å². The number of methoxy groups -OCH3 is 1. The van der Waals surface area contributed by atoms with Gasteiger partial charge in [-0.1, -0.05) is 18.0 Å². The van der Waals surface area contributed by atoms with Crippen molar-refractivity contribution in [1.82, 2.24) is 0 Å². The van der Waals surface area contributed by atoms with Crippen molar-refractivity contribution in [2.24, 2.45) is 5.73 Å². The van der Waals surface area contributed by atoms with Gasteiger partial charge in [0.1, 0.15) is 5.75 Å². The summed E-state index contributed by atoms with van der Waals surface area (Å²) in [5.74, 6) is 0.751. The molecule has 2 N–H and O–H groups in total. The van der Waals surface area contributed by atoms with E-state index in [9.17, 15) is 0 Å². The lowest BCUT2D eigenvalue weighted by Crippen LogP contribution is -2.31. The molecule has 102 valence electrons. The molecule has 0 unspecified atom stereocenters. The Morgan fingerprint density at radius 1 is 1.28 bits per heavy atom. The lowest BCUT2D eigenvalue weighted by molar-refractivity contribution is 0.414. The number of benzene rings is 1. The van der Waals surface area contributed by atoms with Gasteiger partial charge in [0.15, 0.2) is 0 Å². The fourth-order valence-electron chi connectivity index (χ4n) is 2.02. The highest BCUT2D eigenvalue weighted by Crippen LogP contribution is 2.28. The monoisotopic (exact) mass is 269 g/mol. The van der Waals surface area contributed by atoms with E-state index in [-0.39, 0.29) is 5.54 Å². The third kappa shape index (κ3) is 4.87. The summed E-state index contributed by atoms with van der Waals surface area (Å²) < 4.78 is 5.20. The van der Waals surface area contributed by atoms with Gasteiger partial charge in [0, 0.05) is 5.54 Å². The normalized spacial score (nSPS) is 11.7. The molecule has 1 rings (SSSR count). The van der Waals surface area contributed by atoms with E-state index in [0.717, 1.165) is 31.4 Å². The number of halogens is 1. The zero-order valence-corrected chi connectivity index (χ0v) is 12.6. The third-order valence-corrected chi connectivity index (χ3v) is 3.42. The molecule has 0 radical (unpaired) electrons. The van der Waals surface area contributed by atoms with Crippen molar-refractivity contribution >= 4 is 11.6 Å². The highest BCUT2D eigenvalue weighted by molar-refractivity contribution is 6.32. The number of unbranched alkanes of at least 4 members (excludes halogenated alkanes) is 1. The van der Waals surface area contributed by atoms with E-state index in [2.05, 4.69) is 20.8 Å².